The van der Waals surface area contributed by atoms with Gasteiger partial charge in [0.25, 0.3) is 5.56 Å². The molecule has 0 atom stereocenters. The molecule has 0 fully saturated rings. The highest BCUT2D eigenvalue weighted by Gasteiger charge is 2.21. The smallest absolute Gasteiger partial charge is 0.282 e. The van der Waals surface area contributed by atoms with Gasteiger partial charge < -0.3 is 0 Å². The van der Waals surface area contributed by atoms with Crippen LogP contribution in [0.15, 0.2) is 55.3 Å². The highest BCUT2D eigenvalue weighted by molar-refractivity contribution is 9.13. The Labute approximate surface area is 187 Å². The summed E-state index contributed by atoms with van der Waals surface area (Å²) in [4.78, 5) is 30.7. The van der Waals surface area contributed by atoms with Gasteiger partial charge in [-0.2, -0.15) is 10.4 Å². The molecule has 0 N–H and O–H groups in total. The summed E-state index contributed by atoms with van der Waals surface area (Å²) in [5.74, 6) is 0. The first-order chi connectivity index (χ1) is 14.3. The van der Waals surface area contributed by atoms with E-state index in [1.807, 2.05) is 25.1 Å². The molecule has 4 aromatic rings. The average molecular weight is 530 g/mol. The second-order valence-electron chi connectivity index (χ2n) is 6.70. The van der Waals surface area contributed by atoms with Gasteiger partial charge in [0.2, 0.25) is 0 Å². The zero-order chi connectivity index (χ0) is 21.6. The van der Waals surface area contributed by atoms with Crippen LogP contribution >= 0.6 is 31.9 Å². The van der Waals surface area contributed by atoms with Crippen LogP contribution < -0.4 is 11.2 Å². The van der Waals surface area contributed by atoms with Gasteiger partial charge in [-0.05, 0) is 69.5 Å². The van der Waals surface area contributed by atoms with Gasteiger partial charge >= 0.3 is 5.69 Å². The number of rotatable bonds is 3. The molecule has 1 aromatic carbocycles. The molecule has 3 aromatic heterocycles. The summed E-state index contributed by atoms with van der Waals surface area (Å²) in [6.07, 6.45) is 4.72. The van der Waals surface area contributed by atoms with Crippen molar-refractivity contribution in [2.24, 2.45) is 0 Å². The lowest BCUT2D eigenvalue weighted by Crippen LogP contribution is -2.42. The summed E-state index contributed by atoms with van der Waals surface area (Å²) < 4.78 is 5.44. The molecule has 150 valence electrons. The van der Waals surface area contributed by atoms with Crippen molar-refractivity contribution < 1.29 is 0 Å². The third-order valence-electron chi connectivity index (χ3n) is 4.74. The molecular formula is C20H14Br2N6O2. The second kappa shape index (κ2) is 7.66. The summed E-state index contributed by atoms with van der Waals surface area (Å²) in [7, 11) is 0. The Kier molecular flexibility index (Phi) is 5.17. The molecule has 30 heavy (non-hydrogen) atoms. The molecule has 3 heterocycles. The van der Waals surface area contributed by atoms with Crippen LogP contribution in [-0.2, 0) is 6.54 Å². The fourth-order valence-corrected chi connectivity index (χ4v) is 4.02. The lowest BCUT2D eigenvalue weighted by molar-refractivity contribution is 0.657. The number of aryl methyl sites for hydroxylation is 1. The monoisotopic (exact) mass is 528 g/mol. The molecule has 0 unspecified atom stereocenters. The van der Waals surface area contributed by atoms with E-state index in [1.54, 1.807) is 25.4 Å². The molecule has 4 rings (SSSR count). The first-order valence-electron chi connectivity index (χ1n) is 8.82. The number of hydrogen-bond acceptors (Lipinski definition) is 5. The van der Waals surface area contributed by atoms with E-state index < -0.39 is 11.2 Å². The van der Waals surface area contributed by atoms with Crippen LogP contribution in [-0.4, -0.2) is 23.9 Å². The number of nitriles is 1. The number of hydrogen-bond donors (Lipinski definition) is 0. The standard InChI is InChI=1S/C20H14Br2N6O2/c1-11-5-14(10-24-8-11)27-19(29)18(12(2)26(4-3-23)20(27)30)28-17-7-16(22)15(21)6-13(17)9-25-28/h5-10H,4H2,1-2H3. The van der Waals surface area contributed by atoms with Crippen molar-refractivity contribution in [3.8, 4) is 17.4 Å². The normalized spacial score (nSPS) is 11.0. The van der Waals surface area contributed by atoms with Crippen molar-refractivity contribution in [3.05, 3.63) is 77.8 Å². The van der Waals surface area contributed by atoms with E-state index in [-0.39, 0.29) is 12.2 Å². The number of aromatic nitrogens is 5. The highest BCUT2D eigenvalue weighted by Crippen LogP contribution is 2.29. The minimum atomic E-state index is -0.601. The summed E-state index contributed by atoms with van der Waals surface area (Å²) in [5.41, 5.74) is 1.22. The first kappa shape index (κ1) is 20.3. The summed E-state index contributed by atoms with van der Waals surface area (Å²) in [6, 6.07) is 7.40. The van der Waals surface area contributed by atoms with E-state index in [0.717, 1.165) is 24.5 Å². The molecule has 10 heteroatoms. The third kappa shape index (κ3) is 3.20. The summed E-state index contributed by atoms with van der Waals surface area (Å²) in [6.45, 7) is 3.25. The van der Waals surface area contributed by atoms with Crippen molar-refractivity contribution in [1.82, 2.24) is 23.9 Å². The molecule has 0 bridgehead atoms. The third-order valence-corrected chi connectivity index (χ3v) is 6.59. The predicted molar refractivity (Wildman–Crippen MR) is 119 cm³/mol. The summed E-state index contributed by atoms with van der Waals surface area (Å²) >= 11 is 6.94. The van der Waals surface area contributed by atoms with Crippen LogP contribution in [0.4, 0.5) is 0 Å². The Hall–Kier alpha value is -3.03. The maximum atomic E-state index is 13.5. The van der Waals surface area contributed by atoms with Gasteiger partial charge in [-0.15, -0.1) is 0 Å². The Morgan fingerprint density at radius 3 is 2.50 bits per heavy atom. The Balaban J connectivity index is 2.14. The van der Waals surface area contributed by atoms with Crippen LogP contribution in [0.5, 0.6) is 0 Å². The Morgan fingerprint density at radius 2 is 1.80 bits per heavy atom. The van der Waals surface area contributed by atoms with E-state index in [0.29, 0.717) is 16.9 Å². The van der Waals surface area contributed by atoms with Gasteiger partial charge in [0.05, 0.1) is 35.4 Å². The van der Waals surface area contributed by atoms with E-state index in [9.17, 15) is 14.9 Å². The van der Waals surface area contributed by atoms with Crippen LogP contribution in [0.2, 0.25) is 0 Å². The van der Waals surface area contributed by atoms with E-state index in [2.05, 4.69) is 41.9 Å². The van der Waals surface area contributed by atoms with Crippen molar-refractivity contribution in [3.63, 3.8) is 0 Å². The number of fused-ring (bicyclic) bond motifs is 1. The fraction of sp³-hybridized carbons (Fsp3) is 0.150. The topological polar surface area (TPSA) is 98.5 Å². The maximum absolute atomic E-state index is 13.5. The molecule has 0 saturated carbocycles. The lowest BCUT2D eigenvalue weighted by atomic mass is 10.2. The van der Waals surface area contributed by atoms with Crippen molar-refractivity contribution >= 4 is 42.8 Å². The van der Waals surface area contributed by atoms with Crippen molar-refractivity contribution in [1.29, 1.82) is 5.26 Å². The summed E-state index contributed by atoms with van der Waals surface area (Å²) in [5, 5.41) is 14.5. The highest BCUT2D eigenvalue weighted by atomic mass is 79.9. The van der Waals surface area contributed by atoms with E-state index in [1.165, 1.54) is 15.4 Å². The Bertz CT molecular complexity index is 1480. The minimum Gasteiger partial charge on any atom is -0.282 e. The lowest BCUT2D eigenvalue weighted by Gasteiger charge is -2.16. The molecule has 0 radical (unpaired) electrons. The quantitative estimate of drug-likeness (QED) is 0.405. The molecular weight excluding hydrogens is 516 g/mol. The van der Waals surface area contributed by atoms with Crippen molar-refractivity contribution in [2.45, 2.75) is 20.4 Å². The molecule has 0 amide bonds. The van der Waals surface area contributed by atoms with Crippen LogP contribution in [0.3, 0.4) is 0 Å². The SMILES string of the molecule is Cc1cncc(-n2c(=O)c(-n3ncc4cc(Br)c(Br)cc43)c(C)n(CC#N)c2=O)c1. The minimum absolute atomic E-state index is 0.190. The van der Waals surface area contributed by atoms with Gasteiger partial charge in [0, 0.05) is 20.5 Å². The molecule has 0 spiro atoms. The van der Waals surface area contributed by atoms with Gasteiger partial charge in [-0.3, -0.25) is 14.3 Å². The molecule has 0 aliphatic carbocycles. The van der Waals surface area contributed by atoms with Gasteiger partial charge in [-0.25, -0.2) is 14.0 Å². The van der Waals surface area contributed by atoms with Crippen LogP contribution in [0.1, 0.15) is 11.3 Å². The fourth-order valence-electron chi connectivity index (χ4n) is 3.33. The molecule has 0 aliphatic rings. The van der Waals surface area contributed by atoms with Gasteiger partial charge in [-0.1, -0.05) is 0 Å². The number of nitrogens with zero attached hydrogens (tertiary/aromatic N) is 6. The van der Waals surface area contributed by atoms with Gasteiger partial charge in [0.15, 0.2) is 5.69 Å². The zero-order valence-corrected chi connectivity index (χ0v) is 19.1. The van der Waals surface area contributed by atoms with E-state index in [4.69, 9.17) is 0 Å². The van der Waals surface area contributed by atoms with Gasteiger partial charge in [0.1, 0.15) is 6.54 Å². The van der Waals surface area contributed by atoms with Crippen molar-refractivity contribution in [2.75, 3.05) is 0 Å². The maximum Gasteiger partial charge on any atom is 0.336 e. The van der Waals surface area contributed by atoms with Crippen LogP contribution in [0, 0.1) is 25.2 Å². The second-order valence-corrected chi connectivity index (χ2v) is 8.41. The molecule has 0 saturated heterocycles. The Morgan fingerprint density at radius 1 is 1.07 bits per heavy atom. The largest absolute Gasteiger partial charge is 0.336 e. The zero-order valence-electron chi connectivity index (χ0n) is 15.9. The first-order valence-corrected chi connectivity index (χ1v) is 10.4. The average Bonchev–Trinajstić information content (AvgIpc) is 3.08. The predicted octanol–water partition coefficient (Wildman–Crippen LogP) is 3.40. The number of pyridine rings is 1. The molecule has 8 nitrogen and oxygen atoms in total. The number of benzene rings is 1. The van der Waals surface area contributed by atoms with Crippen LogP contribution in [0.25, 0.3) is 22.3 Å². The molecule has 0 aliphatic heterocycles. The van der Waals surface area contributed by atoms with E-state index >= 15 is 0 Å². The number of halogens is 2.